The number of rotatable bonds is 5. The molecule has 6 nitrogen and oxygen atoms in total. The Kier molecular flexibility index (Phi) is 6.61. The first-order valence-corrected chi connectivity index (χ1v) is 8.20. The Balaban J connectivity index is 2.03. The molecule has 1 aliphatic rings. The number of esters is 1. The van der Waals surface area contributed by atoms with Crippen LogP contribution >= 0.6 is 0 Å². The lowest BCUT2D eigenvalue weighted by molar-refractivity contribution is -0.151. The lowest BCUT2D eigenvalue weighted by Crippen LogP contribution is -2.50. The van der Waals surface area contributed by atoms with Gasteiger partial charge in [0.1, 0.15) is 12.6 Å². The number of alkyl carbamates (subject to hydrolysis) is 1. The minimum absolute atomic E-state index is 0.0302. The van der Waals surface area contributed by atoms with E-state index in [0.717, 1.165) is 5.56 Å². The molecule has 1 aromatic carbocycles. The van der Waals surface area contributed by atoms with Gasteiger partial charge in [0, 0.05) is 0 Å². The van der Waals surface area contributed by atoms with Gasteiger partial charge in [-0.2, -0.15) is 0 Å². The van der Waals surface area contributed by atoms with E-state index in [1.54, 1.807) is 0 Å². The van der Waals surface area contributed by atoms with Crippen LogP contribution in [0.25, 0.3) is 0 Å². The van der Waals surface area contributed by atoms with Crippen molar-refractivity contribution in [3.05, 3.63) is 35.9 Å². The second-order valence-corrected chi connectivity index (χ2v) is 6.20. The third-order valence-electron chi connectivity index (χ3n) is 4.14. The van der Waals surface area contributed by atoms with Crippen LogP contribution in [0.1, 0.15) is 32.3 Å². The van der Waals surface area contributed by atoms with Gasteiger partial charge in [0.25, 0.3) is 0 Å². The largest absolute Gasteiger partial charge is 0.459 e. The van der Waals surface area contributed by atoms with E-state index in [9.17, 15) is 9.59 Å². The summed E-state index contributed by atoms with van der Waals surface area (Å²) in [5.74, 6) is -0.498. The molecule has 132 valence electrons. The predicted molar refractivity (Wildman–Crippen MR) is 88.3 cm³/mol. The van der Waals surface area contributed by atoms with Gasteiger partial charge in [-0.25, -0.2) is 9.59 Å². The van der Waals surface area contributed by atoms with E-state index in [4.69, 9.17) is 9.47 Å². The summed E-state index contributed by atoms with van der Waals surface area (Å²) >= 11 is 0. The first kappa shape index (κ1) is 18.3. The maximum atomic E-state index is 12.5. The third kappa shape index (κ3) is 5.23. The molecule has 0 saturated carbocycles. The van der Waals surface area contributed by atoms with Crippen molar-refractivity contribution >= 4 is 12.1 Å². The summed E-state index contributed by atoms with van der Waals surface area (Å²) in [4.78, 5) is 24.2. The molecule has 24 heavy (non-hydrogen) atoms. The maximum absolute atomic E-state index is 12.5. The highest BCUT2D eigenvalue weighted by Gasteiger charge is 2.36. The molecule has 1 fully saturated rings. The number of benzene rings is 1. The molecule has 1 saturated heterocycles. The van der Waals surface area contributed by atoms with Crippen molar-refractivity contribution in [2.45, 2.75) is 51.5 Å². The van der Waals surface area contributed by atoms with Gasteiger partial charge in [0.05, 0.1) is 19.3 Å². The Morgan fingerprint density at radius 3 is 2.42 bits per heavy atom. The fourth-order valence-corrected chi connectivity index (χ4v) is 3.10. The lowest BCUT2D eigenvalue weighted by Gasteiger charge is -2.35. The Bertz CT molecular complexity index is 538. The standard InChI is InChI=1S/C18H25NO5/c1-12-9-15(10-13(2)24-12)16(19-18(21)22-3)17(20)23-11-14-7-5-4-6-8-14/h4-8,12-13,15-16H,9-11H2,1-3H3,(H,19,21)/t12-,13+,15?,16-/m1/s1. The smallest absolute Gasteiger partial charge is 0.407 e. The number of nitrogens with one attached hydrogen (secondary N) is 1. The van der Waals surface area contributed by atoms with Crippen LogP contribution in [0.15, 0.2) is 30.3 Å². The summed E-state index contributed by atoms with van der Waals surface area (Å²) in [7, 11) is 1.27. The van der Waals surface area contributed by atoms with E-state index >= 15 is 0 Å². The normalized spacial score (nSPS) is 24.7. The quantitative estimate of drug-likeness (QED) is 0.838. The summed E-state index contributed by atoms with van der Waals surface area (Å²) in [6.45, 7) is 4.10. The van der Waals surface area contributed by atoms with Crippen molar-refractivity contribution in [1.82, 2.24) is 5.32 Å². The molecule has 0 bridgehead atoms. The van der Waals surface area contributed by atoms with Gasteiger partial charge in [-0.15, -0.1) is 0 Å². The van der Waals surface area contributed by atoms with E-state index in [1.165, 1.54) is 7.11 Å². The minimum atomic E-state index is -0.741. The van der Waals surface area contributed by atoms with Crippen LogP contribution in [0.5, 0.6) is 0 Å². The van der Waals surface area contributed by atoms with Crippen molar-refractivity contribution in [3.63, 3.8) is 0 Å². The highest BCUT2D eigenvalue weighted by Crippen LogP contribution is 2.28. The highest BCUT2D eigenvalue weighted by atomic mass is 16.5. The topological polar surface area (TPSA) is 73.9 Å². The molecule has 1 aliphatic heterocycles. The Morgan fingerprint density at radius 1 is 1.21 bits per heavy atom. The molecule has 0 spiro atoms. The van der Waals surface area contributed by atoms with E-state index in [2.05, 4.69) is 10.1 Å². The number of carbonyl (C=O) groups excluding carboxylic acids is 2. The minimum Gasteiger partial charge on any atom is -0.459 e. The zero-order valence-corrected chi connectivity index (χ0v) is 14.4. The van der Waals surface area contributed by atoms with Crippen molar-refractivity contribution < 1.29 is 23.8 Å². The number of methoxy groups -OCH3 is 1. The SMILES string of the molecule is COC(=O)N[C@@H](C(=O)OCc1ccccc1)C1C[C@@H](C)O[C@@H](C)C1. The second-order valence-electron chi connectivity index (χ2n) is 6.20. The summed E-state index contributed by atoms with van der Waals surface area (Å²) < 4.78 is 15.8. The van der Waals surface area contributed by atoms with Gasteiger partial charge < -0.3 is 19.5 Å². The van der Waals surface area contributed by atoms with Gasteiger partial charge >= 0.3 is 12.1 Å². The zero-order valence-electron chi connectivity index (χ0n) is 14.4. The zero-order chi connectivity index (χ0) is 17.5. The average molecular weight is 335 g/mol. The van der Waals surface area contributed by atoms with E-state index < -0.39 is 18.1 Å². The van der Waals surface area contributed by atoms with Crippen LogP contribution in [0.3, 0.4) is 0 Å². The van der Waals surface area contributed by atoms with E-state index in [0.29, 0.717) is 12.8 Å². The molecule has 1 N–H and O–H groups in total. The van der Waals surface area contributed by atoms with E-state index in [-0.39, 0.29) is 24.7 Å². The predicted octanol–water partition coefficient (Wildman–Crippen LogP) is 2.66. The van der Waals surface area contributed by atoms with Crippen LogP contribution in [-0.2, 0) is 25.6 Å². The average Bonchev–Trinajstić information content (AvgIpc) is 2.57. The highest BCUT2D eigenvalue weighted by molar-refractivity contribution is 5.81. The van der Waals surface area contributed by atoms with Gasteiger partial charge in [0.2, 0.25) is 0 Å². The van der Waals surface area contributed by atoms with Crippen molar-refractivity contribution in [3.8, 4) is 0 Å². The molecule has 1 aromatic rings. The molecule has 2 rings (SSSR count). The summed E-state index contributed by atoms with van der Waals surface area (Å²) in [6.07, 6.45) is 0.785. The molecule has 4 atom stereocenters. The molecule has 6 heteroatoms. The summed E-state index contributed by atoms with van der Waals surface area (Å²) in [6, 6.07) is 8.70. The fourth-order valence-electron chi connectivity index (χ4n) is 3.10. The fraction of sp³-hybridized carbons (Fsp3) is 0.556. The second kappa shape index (κ2) is 8.68. The van der Waals surface area contributed by atoms with Crippen LogP contribution in [0.2, 0.25) is 0 Å². The molecule has 0 aromatic heterocycles. The number of amides is 1. The first-order chi connectivity index (χ1) is 11.5. The van der Waals surface area contributed by atoms with Crippen molar-refractivity contribution in [1.29, 1.82) is 0 Å². The molecule has 0 radical (unpaired) electrons. The number of hydrogen-bond acceptors (Lipinski definition) is 5. The van der Waals surface area contributed by atoms with Crippen molar-refractivity contribution in [2.75, 3.05) is 7.11 Å². The molecule has 1 amide bonds. The van der Waals surface area contributed by atoms with Gasteiger partial charge in [-0.05, 0) is 38.2 Å². The van der Waals surface area contributed by atoms with Crippen LogP contribution < -0.4 is 5.32 Å². The Labute approximate surface area is 142 Å². The molecule has 1 heterocycles. The summed E-state index contributed by atoms with van der Waals surface area (Å²) in [5, 5.41) is 2.62. The molecular weight excluding hydrogens is 310 g/mol. The Hall–Kier alpha value is -2.08. The molecular formula is C18H25NO5. The van der Waals surface area contributed by atoms with Crippen LogP contribution in [0.4, 0.5) is 4.79 Å². The lowest BCUT2D eigenvalue weighted by atomic mass is 9.86. The van der Waals surface area contributed by atoms with Crippen molar-refractivity contribution in [2.24, 2.45) is 5.92 Å². The summed E-state index contributed by atoms with van der Waals surface area (Å²) in [5.41, 5.74) is 0.899. The molecule has 1 unspecified atom stereocenters. The van der Waals surface area contributed by atoms with Gasteiger partial charge in [-0.3, -0.25) is 0 Å². The maximum Gasteiger partial charge on any atom is 0.407 e. The first-order valence-electron chi connectivity index (χ1n) is 8.20. The number of ether oxygens (including phenoxy) is 3. The van der Waals surface area contributed by atoms with Crippen LogP contribution in [0, 0.1) is 5.92 Å². The van der Waals surface area contributed by atoms with Crippen LogP contribution in [-0.4, -0.2) is 37.4 Å². The Morgan fingerprint density at radius 2 is 1.83 bits per heavy atom. The number of hydrogen-bond donors (Lipinski definition) is 1. The van der Waals surface area contributed by atoms with E-state index in [1.807, 2.05) is 44.2 Å². The van der Waals surface area contributed by atoms with Gasteiger partial charge in [0.15, 0.2) is 0 Å². The number of carbonyl (C=O) groups is 2. The molecule has 0 aliphatic carbocycles. The monoisotopic (exact) mass is 335 g/mol. The van der Waals surface area contributed by atoms with Gasteiger partial charge in [-0.1, -0.05) is 30.3 Å². The third-order valence-corrected chi connectivity index (χ3v) is 4.14.